The van der Waals surface area contributed by atoms with Gasteiger partial charge in [-0.25, -0.2) is 0 Å². The molecule has 0 aromatic heterocycles. The van der Waals surface area contributed by atoms with E-state index >= 15 is 0 Å². The standard InChI is InChI=1S/C26H42N2O2/c1-16(2)28(17(3)4)24(30)21-10-9-19-18-8-11-22-26(6,15-13-23(29)27(22)7)20(18)12-14-25(19,21)5/h11,16-21H,8-10,12-15H2,1-7H3/t18-,19-,20-,21+,25-,26+/m0/s1. The molecule has 0 N–H and O–H groups in total. The van der Waals surface area contributed by atoms with Crippen molar-refractivity contribution < 1.29 is 9.59 Å². The minimum Gasteiger partial charge on any atom is -0.338 e. The molecular formula is C26H42N2O2. The van der Waals surface area contributed by atoms with Crippen molar-refractivity contribution in [3.63, 3.8) is 0 Å². The molecule has 4 heteroatoms. The van der Waals surface area contributed by atoms with Crippen LogP contribution in [0.3, 0.4) is 0 Å². The molecular weight excluding hydrogens is 372 g/mol. The molecule has 0 radical (unpaired) electrons. The monoisotopic (exact) mass is 414 g/mol. The lowest BCUT2D eigenvalue weighted by molar-refractivity contribution is -0.147. The van der Waals surface area contributed by atoms with E-state index in [2.05, 4.69) is 52.5 Å². The number of allylic oxidation sites excluding steroid dienone is 2. The Bertz CT molecular complexity index is 748. The lowest BCUT2D eigenvalue weighted by atomic mass is 9.49. The average molecular weight is 415 g/mol. The normalized spacial score (nSPS) is 40.8. The van der Waals surface area contributed by atoms with Crippen molar-refractivity contribution in [1.82, 2.24) is 9.80 Å². The van der Waals surface area contributed by atoms with Gasteiger partial charge in [0.05, 0.1) is 0 Å². The van der Waals surface area contributed by atoms with E-state index in [-0.39, 0.29) is 34.7 Å². The predicted molar refractivity (Wildman–Crippen MR) is 120 cm³/mol. The number of likely N-dealkylation sites (tertiary alicyclic amines) is 1. The van der Waals surface area contributed by atoms with E-state index in [0.29, 0.717) is 30.1 Å². The number of piperidine rings is 1. The first kappa shape index (κ1) is 21.9. The first-order valence-corrected chi connectivity index (χ1v) is 12.3. The van der Waals surface area contributed by atoms with E-state index < -0.39 is 0 Å². The van der Waals surface area contributed by atoms with Gasteiger partial charge in [-0.1, -0.05) is 19.9 Å². The number of hydrogen-bond acceptors (Lipinski definition) is 2. The molecule has 0 aromatic carbocycles. The Balaban J connectivity index is 1.62. The summed E-state index contributed by atoms with van der Waals surface area (Å²) < 4.78 is 0. The molecule has 0 bridgehead atoms. The summed E-state index contributed by atoms with van der Waals surface area (Å²) >= 11 is 0. The fraction of sp³-hybridized carbons (Fsp3) is 0.846. The maximum absolute atomic E-state index is 13.7. The van der Waals surface area contributed by atoms with Crippen LogP contribution in [0.25, 0.3) is 0 Å². The highest BCUT2D eigenvalue weighted by Crippen LogP contribution is 2.66. The summed E-state index contributed by atoms with van der Waals surface area (Å²) in [5.41, 5.74) is 1.52. The Kier molecular flexibility index (Phi) is 5.38. The number of rotatable bonds is 3. The highest BCUT2D eigenvalue weighted by Gasteiger charge is 2.61. The summed E-state index contributed by atoms with van der Waals surface area (Å²) in [7, 11) is 1.97. The summed E-state index contributed by atoms with van der Waals surface area (Å²) in [4.78, 5) is 30.1. The van der Waals surface area contributed by atoms with Crippen LogP contribution in [0.15, 0.2) is 11.8 Å². The smallest absolute Gasteiger partial charge is 0.226 e. The van der Waals surface area contributed by atoms with Crippen LogP contribution in [0.2, 0.25) is 0 Å². The third-order valence-electron chi connectivity index (χ3n) is 9.68. The van der Waals surface area contributed by atoms with Crippen LogP contribution >= 0.6 is 0 Å². The van der Waals surface area contributed by atoms with Gasteiger partial charge in [-0.05, 0) is 89.4 Å². The molecule has 2 amide bonds. The number of fused-ring (bicyclic) bond motifs is 5. The van der Waals surface area contributed by atoms with Crippen molar-refractivity contribution in [2.45, 2.75) is 98.6 Å². The predicted octanol–water partition coefficient (Wildman–Crippen LogP) is 5.24. The Morgan fingerprint density at radius 2 is 1.73 bits per heavy atom. The summed E-state index contributed by atoms with van der Waals surface area (Å²) in [6.07, 6.45) is 9.70. The van der Waals surface area contributed by atoms with E-state index in [9.17, 15) is 9.59 Å². The second kappa shape index (κ2) is 7.38. The first-order chi connectivity index (χ1) is 14.0. The van der Waals surface area contributed by atoms with Crippen molar-refractivity contribution in [2.24, 2.45) is 34.5 Å². The zero-order valence-corrected chi connectivity index (χ0v) is 20.2. The molecule has 2 saturated carbocycles. The van der Waals surface area contributed by atoms with Gasteiger partial charge in [-0.2, -0.15) is 0 Å². The maximum Gasteiger partial charge on any atom is 0.226 e. The van der Waals surface area contributed by atoms with Crippen LogP contribution in [0.5, 0.6) is 0 Å². The molecule has 0 unspecified atom stereocenters. The molecule has 6 atom stereocenters. The summed E-state index contributed by atoms with van der Waals surface area (Å²) in [5, 5.41) is 0. The van der Waals surface area contributed by atoms with Crippen molar-refractivity contribution in [2.75, 3.05) is 7.05 Å². The van der Waals surface area contributed by atoms with Gasteiger partial charge < -0.3 is 9.80 Å². The average Bonchev–Trinajstić information content (AvgIpc) is 3.01. The fourth-order valence-electron chi connectivity index (χ4n) is 8.27. The lowest BCUT2D eigenvalue weighted by Gasteiger charge is -2.58. The molecule has 3 aliphatic carbocycles. The zero-order chi connectivity index (χ0) is 22.0. The van der Waals surface area contributed by atoms with Gasteiger partial charge in [0.15, 0.2) is 0 Å². The van der Waals surface area contributed by atoms with Gasteiger partial charge in [0.1, 0.15) is 0 Å². The molecule has 0 spiro atoms. The highest BCUT2D eigenvalue weighted by molar-refractivity contribution is 5.81. The minimum absolute atomic E-state index is 0.122. The van der Waals surface area contributed by atoms with E-state index in [0.717, 1.165) is 25.7 Å². The summed E-state index contributed by atoms with van der Waals surface area (Å²) in [6, 6.07) is 0.511. The van der Waals surface area contributed by atoms with E-state index in [1.807, 2.05) is 11.9 Å². The molecule has 4 aliphatic rings. The topological polar surface area (TPSA) is 40.6 Å². The minimum atomic E-state index is 0.122. The van der Waals surface area contributed by atoms with Crippen LogP contribution in [-0.4, -0.2) is 40.7 Å². The van der Waals surface area contributed by atoms with Gasteiger partial charge in [-0.15, -0.1) is 0 Å². The molecule has 1 aliphatic heterocycles. The van der Waals surface area contributed by atoms with Crippen LogP contribution in [0, 0.1) is 34.5 Å². The number of carbonyl (C=O) groups excluding carboxylic acids is 2. The second-order valence-corrected chi connectivity index (χ2v) is 11.7. The number of nitrogens with zero attached hydrogens (tertiary/aromatic N) is 2. The Morgan fingerprint density at radius 1 is 1.07 bits per heavy atom. The van der Waals surface area contributed by atoms with Gasteiger partial charge in [-0.3, -0.25) is 9.59 Å². The van der Waals surface area contributed by atoms with E-state index in [4.69, 9.17) is 0 Å². The fourth-order valence-corrected chi connectivity index (χ4v) is 8.27. The van der Waals surface area contributed by atoms with Crippen molar-refractivity contribution in [3.8, 4) is 0 Å². The Morgan fingerprint density at radius 3 is 2.37 bits per heavy atom. The van der Waals surface area contributed by atoms with E-state index in [1.54, 1.807) is 0 Å². The number of carbonyl (C=O) groups is 2. The van der Waals surface area contributed by atoms with Crippen LogP contribution < -0.4 is 0 Å². The van der Waals surface area contributed by atoms with Gasteiger partial charge in [0.25, 0.3) is 0 Å². The largest absolute Gasteiger partial charge is 0.338 e. The second-order valence-electron chi connectivity index (χ2n) is 11.7. The van der Waals surface area contributed by atoms with Crippen LogP contribution in [-0.2, 0) is 9.59 Å². The molecule has 4 rings (SSSR count). The highest BCUT2D eigenvalue weighted by atomic mass is 16.2. The molecule has 1 heterocycles. The van der Waals surface area contributed by atoms with Gasteiger partial charge in [0, 0.05) is 42.6 Å². The van der Waals surface area contributed by atoms with Crippen LogP contribution in [0.1, 0.15) is 86.5 Å². The Labute approximate surface area is 183 Å². The van der Waals surface area contributed by atoms with Crippen LogP contribution in [0.4, 0.5) is 0 Å². The molecule has 168 valence electrons. The SMILES string of the molecule is CC(C)N(C(=O)[C@H]1CC[C@H]2[C@@H]3CC=C4N(C)C(=O)CC[C@]4(C)[C@H]3CC[C@]12C)C(C)C. The molecule has 1 saturated heterocycles. The molecule has 30 heavy (non-hydrogen) atoms. The molecule has 0 aromatic rings. The van der Waals surface area contributed by atoms with Crippen molar-refractivity contribution >= 4 is 11.8 Å². The summed E-state index contributed by atoms with van der Waals surface area (Å²) in [5.74, 6) is 2.76. The van der Waals surface area contributed by atoms with Gasteiger partial charge >= 0.3 is 0 Å². The Hall–Kier alpha value is -1.32. The third kappa shape index (κ3) is 2.99. The number of hydrogen-bond donors (Lipinski definition) is 0. The molecule has 4 nitrogen and oxygen atoms in total. The van der Waals surface area contributed by atoms with Crippen molar-refractivity contribution in [3.05, 3.63) is 11.8 Å². The maximum atomic E-state index is 13.7. The lowest BCUT2D eigenvalue weighted by Crippen LogP contribution is -2.55. The van der Waals surface area contributed by atoms with Crippen molar-refractivity contribution in [1.29, 1.82) is 0 Å². The third-order valence-corrected chi connectivity index (χ3v) is 9.68. The summed E-state index contributed by atoms with van der Waals surface area (Å²) in [6.45, 7) is 13.5. The number of amides is 2. The van der Waals surface area contributed by atoms with Gasteiger partial charge in [0.2, 0.25) is 11.8 Å². The molecule has 3 fully saturated rings. The first-order valence-electron chi connectivity index (χ1n) is 12.3. The zero-order valence-electron chi connectivity index (χ0n) is 20.2. The van der Waals surface area contributed by atoms with E-state index in [1.165, 1.54) is 18.5 Å². The quantitative estimate of drug-likeness (QED) is 0.634.